The summed E-state index contributed by atoms with van der Waals surface area (Å²) in [5, 5.41) is 0. The Morgan fingerprint density at radius 1 is 1.32 bits per heavy atom. The first-order chi connectivity index (χ1) is 9.15. The molecule has 0 heterocycles. The van der Waals surface area contributed by atoms with Crippen LogP contribution in [-0.2, 0) is 4.74 Å². The number of rotatable bonds is 8. The third kappa shape index (κ3) is 4.18. The van der Waals surface area contributed by atoms with Gasteiger partial charge in [-0.25, -0.2) is 0 Å². The zero-order valence-electron chi connectivity index (χ0n) is 12.1. The SMILES string of the molecule is CCC(CC)N(CCOC)c1ccccc1C(N)=S. The lowest BCUT2D eigenvalue weighted by molar-refractivity contribution is 0.202. The van der Waals surface area contributed by atoms with Crippen molar-refractivity contribution in [3.05, 3.63) is 29.8 Å². The molecule has 0 radical (unpaired) electrons. The van der Waals surface area contributed by atoms with Crippen molar-refractivity contribution >= 4 is 22.9 Å². The Kier molecular flexibility index (Phi) is 6.81. The largest absolute Gasteiger partial charge is 0.389 e. The molecule has 0 saturated carbocycles. The van der Waals surface area contributed by atoms with E-state index in [1.165, 1.54) is 0 Å². The van der Waals surface area contributed by atoms with E-state index in [4.69, 9.17) is 22.7 Å². The second kappa shape index (κ2) is 8.12. The molecule has 106 valence electrons. The fourth-order valence-electron chi connectivity index (χ4n) is 2.35. The predicted molar refractivity (Wildman–Crippen MR) is 85.9 cm³/mol. The Morgan fingerprint density at radius 2 is 1.95 bits per heavy atom. The maximum atomic E-state index is 5.84. The number of hydrogen-bond acceptors (Lipinski definition) is 3. The van der Waals surface area contributed by atoms with E-state index in [9.17, 15) is 0 Å². The van der Waals surface area contributed by atoms with E-state index < -0.39 is 0 Å². The van der Waals surface area contributed by atoms with Crippen LogP contribution in [0.25, 0.3) is 0 Å². The van der Waals surface area contributed by atoms with Crippen LogP contribution in [-0.4, -0.2) is 31.3 Å². The number of benzene rings is 1. The molecule has 1 aromatic carbocycles. The molecule has 0 spiro atoms. The smallest absolute Gasteiger partial charge is 0.106 e. The number of ether oxygens (including phenoxy) is 1. The van der Waals surface area contributed by atoms with Crippen molar-refractivity contribution in [3.8, 4) is 0 Å². The quantitative estimate of drug-likeness (QED) is 0.743. The summed E-state index contributed by atoms with van der Waals surface area (Å²) in [5.74, 6) is 0. The highest BCUT2D eigenvalue weighted by Gasteiger charge is 2.18. The Morgan fingerprint density at radius 3 is 2.47 bits per heavy atom. The Balaban J connectivity index is 3.12. The highest BCUT2D eigenvalue weighted by molar-refractivity contribution is 7.80. The fraction of sp³-hybridized carbons (Fsp3) is 0.533. The van der Waals surface area contributed by atoms with E-state index in [-0.39, 0.29) is 0 Å². The van der Waals surface area contributed by atoms with Gasteiger partial charge in [0.15, 0.2) is 0 Å². The van der Waals surface area contributed by atoms with Crippen molar-refractivity contribution < 1.29 is 4.74 Å². The molecule has 19 heavy (non-hydrogen) atoms. The minimum Gasteiger partial charge on any atom is -0.389 e. The van der Waals surface area contributed by atoms with Crippen LogP contribution >= 0.6 is 12.2 Å². The molecule has 0 aliphatic rings. The molecule has 0 unspecified atom stereocenters. The fourth-order valence-corrected chi connectivity index (χ4v) is 2.52. The number of nitrogens with zero attached hydrogens (tertiary/aromatic N) is 1. The van der Waals surface area contributed by atoms with Gasteiger partial charge in [0, 0.05) is 30.9 Å². The van der Waals surface area contributed by atoms with Gasteiger partial charge in [-0.1, -0.05) is 38.2 Å². The Bertz CT molecular complexity index is 405. The van der Waals surface area contributed by atoms with Crippen LogP contribution in [0.3, 0.4) is 0 Å². The van der Waals surface area contributed by atoms with Crippen LogP contribution in [0.15, 0.2) is 24.3 Å². The van der Waals surface area contributed by atoms with Gasteiger partial charge in [-0.15, -0.1) is 0 Å². The Hall–Kier alpha value is -1.13. The normalized spacial score (nSPS) is 10.7. The summed E-state index contributed by atoms with van der Waals surface area (Å²) in [5.41, 5.74) is 7.89. The molecular formula is C15H24N2OS. The number of nitrogens with two attached hydrogens (primary N) is 1. The van der Waals surface area contributed by atoms with Crippen molar-refractivity contribution in [3.63, 3.8) is 0 Å². The van der Waals surface area contributed by atoms with Crippen LogP contribution in [0.4, 0.5) is 5.69 Å². The van der Waals surface area contributed by atoms with Crippen LogP contribution < -0.4 is 10.6 Å². The molecule has 0 bridgehead atoms. The van der Waals surface area contributed by atoms with Gasteiger partial charge >= 0.3 is 0 Å². The van der Waals surface area contributed by atoms with Crippen LogP contribution in [0.5, 0.6) is 0 Å². The second-order valence-corrected chi connectivity index (χ2v) is 4.98. The van der Waals surface area contributed by atoms with Crippen molar-refractivity contribution in [2.45, 2.75) is 32.7 Å². The van der Waals surface area contributed by atoms with Crippen LogP contribution in [0.2, 0.25) is 0 Å². The van der Waals surface area contributed by atoms with Gasteiger partial charge < -0.3 is 15.4 Å². The molecule has 0 saturated heterocycles. The molecule has 0 fully saturated rings. The Labute approximate surface area is 121 Å². The average Bonchev–Trinajstić information content (AvgIpc) is 2.43. The zero-order valence-corrected chi connectivity index (χ0v) is 12.9. The zero-order chi connectivity index (χ0) is 14.3. The van der Waals surface area contributed by atoms with Gasteiger partial charge in [0.2, 0.25) is 0 Å². The first-order valence-electron chi connectivity index (χ1n) is 6.80. The van der Waals surface area contributed by atoms with Gasteiger partial charge in [0.25, 0.3) is 0 Å². The lowest BCUT2D eigenvalue weighted by atomic mass is 10.1. The number of methoxy groups -OCH3 is 1. The lowest BCUT2D eigenvalue weighted by Gasteiger charge is -2.34. The topological polar surface area (TPSA) is 38.5 Å². The van der Waals surface area contributed by atoms with Crippen molar-refractivity contribution in [2.75, 3.05) is 25.2 Å². The lowest BCUT2D eigenvalue weighted by Crippen LogP contribution is -2.38. The van der Waals surface area contributed by atoms with E-state index in [1.807, 2.05) is 18.2 Å². The molecule has 0 aliphatic carbocycles. The first kappa shape index (κ1) is 15.9. The van der Waals surface area contributed by atoms with Crippen molar-refractivity contribution in [1.29, 1.82) is 0 Å². The highest BCUT2D eigenvalue weighted by Crippen LogP contribution is 2.24. The van der Waals surface area contributed by atoms with Crippen LogP contribution in [0.1, 0.15) is 32.3 Å². The number of thiocarbonyl (C=S) groups is 1. The first-order valence-corrected chi connectivity index (χ1v) is 7.20. The van der Waals surface area contributed by atoms with E-state index >= 15 is 0 Å². The minimum absolute atomic E-state index is 0.448. The van der Waals surface area contributed by atoms with Gasteiger partial charge in [0.1, 0.15) is 4.99 Å². The molecule has 0 amide bonds. The highest BCUT2D eigenvalue weighted by atomic mass is 32.1. The van der Waals surface area contributed by atoms with Crippen LogP contribution in [0, 0.1) is 0 Å². The number of anilines is 1. The van der Waals surface area contributed by atoms with E-state index in [0.717, 1.165) is 30.6 Å². The molecule has 4 heteroatoms. The minimum atomic E-state index is 0.448. The standard InChI is InChI=1S/C15H24N2OS/c1-4-12(5-2)17(10-11-18-3)14-9-7-6-8-13(14)15(16)19/h6-9,12H,4-5,10-11H2,1-3H3,(H2,16,19). The van der Waals surface area contributed by atoms with Gasteiger partial charge in [-0.05, 0) is 25.0 Å². The molecule has 2 N–H and O–H groups in total. The molecular weight excluding hydrogens is 256 g/mol. The maximum absolute atomic E-state index is 5.84. The summed E-state index contributed by atoms with van der Waals surface area (Å²) in [6, 6.07) is 8.55. The van der Waals surface area contributed by atoms with Gasteiger partial charge in [0.05, 0.1) is 6.61 Å². The molecule has 0 atom stereocenters. The third-order valence-electron chi connectivity index (χ3n) is 3.40. The molecule has 0 aliphatic heterocycles. The van der Waals surface area contributed by atoms with Gasteiger partial charge in [-0.3, -0.25) is 0 Å². The summed E-state index contributed by atoms with van der Waals surface area (Å²) >= 11 is 5.16. The third-order valence-corrected chi connectivity index (χ3v) is 3.62. The van der Waals surface area contributed by atoms with E-state index in [0.29, 0.717) is 17.6 Å². The number of hydrogen-bond donors (Lipinski definition) is 1. The maximum Gasteiger partial charge on any atom is 0.106 e. The molecule has 3 nitrogen and oxygen atoms in total. The van der Waals surface area contributed by atoms with E-state index in [1.54, 1.807) is 7.11 Å². The second-order valence-electron chi connectivity index (χ2n) is 4.54. The molecule has 1 aromatic rings. The van der Waals surface area contributed by atoms with Gasteiger partial charge in [-0.2, -0.15) is 0 Å². The van der Waals surface area contributed by atoms with Crippen molar-refractivity contribution in [1.82, 2.24) is 0 Å². The number of para-hydroxylation sites is 1. The monoisotopic (exact) mass is 280 g/mol. The van der Waals surface area contributed by atoms with E-state index in [2.05, 4.69) is 24.8 Å². The summed E-state index contributed by atoms with van der Waals surface area (Å²) in [4.78, 5) is 2.81. The average molecular weight is 280 g/mol. The summed E-state index contributed by atoms with van der Waals surface area (Å²) in [6.07, 6.45) is 2.18. The predicted octanol–water partition coefficient (Wildman–Crippen LogP) is 2.96. The summed E-state index contributed by atoms with van der Waals surface area (Å²) in [6.45, 7) is 5.96. The summed E-state index contributed by atoms with van der Waals surface area (Å²) in [7, 11) is 1.73. The van der Waals surface area contributed by atoms with Crippen molar-refractivity contribution in [2.24, 2.45) is 5.73 Å². The molecule has 1 rings (SSSR count). The molecule has 0 aromatic heterocycles. The summed E-state index contributed by atoms with van der Waals surface area (Å²) < 4.78 is 5.23.